The Labute approximate surface area is 99.4 Å². The van der Waals surface area contributed by atoms with E-state index in [0.717, 1.165) is 0 Å². The van der Waals surface area contributed by atoms with Gasteiger partial charge in [0.15, 0.2) is 17.4 Å². The van der Waals surface area contributed by atoms with Gasteiger partial charge in [0.05, 0.1) is 6.61 Å². The summed E-state index contributed by atoms with van der Waals surface area (Å²) in [6.45, 7) is 2.11. The van der Waals surface area contributed by atoms with Gasteiger partial charge >= 0.3 is 0 Å². The minimum Gasteiger partial charge on any atom is -0.487 e. The van der Waals surface area contributed by atoms with Crippen molar-refractivity contribution in [3.05, 3.63) is 29.3 Å². The van der Waals surface area contributed by atoms with E-state index in [2.05, 4.69) is 5.32 Å². The molecule has 0 amide bonds. The molecule has 96 valence electrons. The number of hydrogen-bond donors (Lipinski definition) is 2. The molecule has 5 heteroatoms. The largest absolute Gasteiger partial charge is 0.487 e. The standard InChI is InChI=1S/C12H17F2NO2/c1-8(6-16)7-17-12-10(13)3-9(5-15-2)4-11(12)14/h3-4,8,15-16H,5-7H2,1-2H3. The molecule has 0 aliphatic heterocycles. The SMILES string of the molecule is CNCc1cc(F)c(OCC(C)CO)c(F)c1. The zero-order valence-corrected chi connectivity index (χ0v) is 9.96. The van der Waals surface area contributed by atoms with Crippen molar-refractivity contribution in [2.24, 2.45) is 5.92 Å². The molecule has 0 saturated carbocycles. The van der Waals surface area contributed by atoms with Gasteiger partial charge in [-0.1, -0.05) is 6.92 Å². The third kappa shape index (κ3) is 3.94. The van der Waals surface area contributed by atoms with E-state index < -0.39 is 11.6 Å². The first-order valence-electron chi connectivity index (χ1n) is 5.44. The fourth-order valence-corrected chi connectivity index (χ4v) is 1.33. The quantitative estimate of drug-likeness (QED) is 0.801. The third-order valence-corrected chi connectivity index (χ3v) is 2.26. The molecule has 0 aliphatic rings. The predicted molar refractivity (Wildman–Crippen MR) is 60.9 cm³/mol. The first-order valence-corrected chi connectivity index (χ1v) is 5.44. The summed E-state index contributed by atoms with van der Waals surface area (Å²) in [7, 11) is 1.70. The zero-order valence-electron chi connectivity index (χ0n) is 9.96. The molecular weight excluding hydrogens is 228 g/mol. The van der Waals surface area contributed by atoms with E-state index in [4.69, 9.17) is 9.84 Å². The van der Waals surface area contributed by atoms with E-state index in [1.54, 1.807) is 14.0 Å². The van der Waals surface area contributed by atoms with Gasteiger partial charge in [-0.2, -0.15) is 0 Å². The van der Waals surface area contributed by atoms with E-state index in [1.165, 1.54) is 12.1 Å². The number of benzene rings is 1. The molecule has 1 rings (SSSR count). The van der Waals surface area contributed by atoms with Crippen LogP contribution < -0.4 is 10.1 Å². The molecule has 0 saturated heterocycles. The first kappa shape index (κ1) is 13.9. The van der Waals surface area contributed by atoms with Crippen LogP contribution >= 0.6 is 0 Å². The van der Waals surface area contributed by atoms with Crippen molar-refractivity contribution in [2.45, 2.75) is 13.5 Å². The fraction of sp³-hybridized carbons (Fsp3) is 0.500. The van der Waals surface area contributed by atoms with Crippen molar-refractivity contribution in [3.8, 4) is 5.75 Å². The Balaban J connectivity index is 2.78. The highest BCUT2D eigenvalue weighted by Crippen LogP contribution is 2.23. The molecule has 0 fully saturated rings. The average Bonchev–Trinajstić information content (AvgIpc) is 2.28. The molecule has 1 unspecified atom stereocenters. The summed E-state index contributed by atoms with van der Waals surface area (Å²) in [5.41, 5.74) is 0.519. The van der Waals surface area contributed by atoms with Crippen molar-refractivity contribution in [1.29, 1.82) is 0 Å². The van der Waals surface area contributed by atoms with Gasteiger partial charge in [-0.25, -0.2) is 8.78 Å². The number of hydrogen-bond acceptors (Lipinski definition) is 3. The smallest absolute Gasteiger partial charge is 0.190 e. The Morgan fingerprint density at radius 3 is 2.41 bits per heavy atom. The number of rotatable bonds is 6. The minimum atomic E-state index is -0.722. The van der Waals surface area contributed by atoms with E-state index in [9.17, 15) is 8.78 Å². The second kappa shape index (κ2) is 6.51. The lowest BCUT2D eigenvalue weighted by Gasteiger charge is -2.12. The van der Waals surface area contributed by atoms with Crippen LogP contribution in [0.4, 0.5) is 8.78 Å². The predicted octanol–water partition coefficient (Wildman–Crippen LogP) is 1.69. The summed E-state index contributed by atoms with van der Waals surface area (Å²) in [5.74, 6) is -1.99. The summed E-state index contributed by atoms with van der Waals surface area (Å²) in [6, 6.07) is 2.47. The van der Waals surface area contributed by atoms with Crippen molar-refractivity contribution in [3.63, 3.8) is 0 Å². The Hall–Kier alpha value is -1.20. The molecule has 0 spiro atoms. The molecule has 1 aromatic rings. The monoisotopic (exact) mass is 245 g/mol. The molecule has 3 nitrogen and oxygen atoms in total. The van der Waals surface area contributed by atoms with Gasteiger partial charge in [0, 0.05) is 19.1 Å². The maximum absolute atomic E-state index is 13.5. The molecule has 2 N–H and O–H groups in total. The summed E-state index contributed by atoms with van der Waals surface area (Å²) in [5, 5.41) is 11.6. The van der Waals surface area contributed by atoms with Crippen LogP contribution in [0.3, 0.4) is 0 Å². The molecule has 0 radical (unpaired) electrons. The van der Waals surface area contributed by atoms with Crippen LogP contribution in [0.1, 0.15) is 12.5 Å². The summed E-state index contributed by atoms with van der Waals surface area (Å²) in [4.78, 5) is 0. The normalized spacial score (nSPS) is 12.5. The molecule has 0 bridgehead atoms. The van der Waals surface area contributed by atoms with Crippen LogP contribution in [-0.2, 0) is 6.54 Å². The Kier molecular flexibility index (Phi) is 5.31. The van der Waals surface area contributed by atoms with E-state index in [-0.39, 0.29) is 24.9 Å². The van der Waals surface area contributed by atoms with Crippen LogP contribution in [0.2, 0.25) is 0 Å². The van der Waals surface area contributed by atoms with Crippen molar-refractivity contribution in [2.75, 3.05) is 20.3 Å². The lowest BCUT2D eigenvalue weighted by molar-refractivity contribution is 0.167. The van der Waals surface area contributed by atoms with Crippen molar-refractivity contribution < 1.29 is 18.6 Å². The molecule has 1 aromatic carbocycles. The number of halogens is 2. The van der Waals surface area contributed by atoms with Crippen LogP contribution in [0.25, 0.3) is 0 Å². The second-order valence-electron chi connectivity index (χ2n) is 4.02. The number of nitrogens with one attached hydrogen (secondary N) is 1. The molecular formula is C12H17F2NO2. The van der Waals surface area contributed by atoms with Gasteiger partial charge in [0.1, 0.15) is 0 Å². The Bertz CT molecular complexity index is 349. The van der Waals surface area contributed by atoms with Gasteiger partial charge in [-0.15, -0.1) is 0 Å². The number of aliphatic hydroxyl groups excluding tert-OH is 1. The van der Waals surface area contributed by atoms with Crippen LogP contribution in [0.5, 0.6) is 5.75 Å². The van der Waals surface area contributed by atoms with E-state index in [1.807, 2.05) is 0 Å². The van der Waals surface area contributed by atoms with Gasteiger partial charge in [-0.05, 0) is 24.7 Å². The Morgan fingerprint density at radius 1 is 1.35 bits per heavy atom. The average molecular weight is 245 g/mol. The van der Waals surface area contributed by atoms with Gasteiger partial charge in [-0.3, -0.25) is 0 Å². The maximum Gasteiger partial charge on any atom is 0.190 e. The molecule has 17 heavy (non-hydrogen) atoms. The molecule has 0 aromatic heterocycles. The zero-order chi connectivity index (χ0) is 12.8. The molecule has 1 atom stereocenters. The maximum atomic E-state index is 13.5. The number of ether oxygens (including phenoxy) is 1. The topological polar surface area (TPSA) is 41.5 Å². The van der Waals surface area contributed by atoms with Crippen LogP contribution in [-0.4, -0.2) is 25.4 Å². The van der Waals surface area contributed by atoms with Crippen LogP contribution in [0, 0.1) is 17.6 Å². The Morgan fingerprint density at radius 2 is 1.94 bits per heavy atom. The highest BCUT2D eigenvalue weighted by Gasteiger charge is 2.13. The molecule has 0 aliphatic carbocycles. The lowest BCUT2D eigenvalue weighted by atomic mass is 10.2. The van der Waals surface area contributed by atoms with E-state index in [0.29, 0.717) is 12.1 Å². The van der Waals surface area contributed by atoms with Gasteiger partial charge in [0.25, 0.3) is 0 Å². The van der Waals surface area contributed by atoms with Crippen molar-refractivity contribution in [1.82, 2.24) is 5.32 Å². The fourth-order valence-electron chi connectivity index (χ4n) is 1.33. The number of aliphatic hydroxyl groups is 1. The molecule has 0 heterocycles. The summed E-state index contributed by atoms with van der Waals surface area (Å²) < 4.78 is 32.1. The summed E-state index contributed by atoms with van der Waals surface area (Å²) in [6.07, 6.45) is 0. The minimum absolute atomic E-state index is 0.0791. The van der Waals surface area contributed by atoms with E-state index >= 15 is 0 Å². The van der Waals surface area contributed by atoms with Crippen molar-refractivity contribution >= 4 is 0 Å². The second-order valence-corrected chi connectivity index (χ2v) is 4.02. The first-order chi connectivity index (χ1) is 8.08. The van der Waals surface area contributed by atoms with Crippen LogP contribution in [0.15, 0.2) is 12.1 Å². The lowest BCUT2D eigenvalue weighted by Crippen LogP contribution is -2.14. The highest BCUT2D eigenvalue weighted by molar-refractivity contribution is 5.31. The highest BCUT2D eigenvalue weighted by atomic mass is 19.1. The summed E-state index contributed by atoms with van der Waals surface area (Å²) >= 11 is 0. The third-order valence-electron chi connectivity index (χ3n) is 2.26. The van der Waals surface area contributed by atoms with Gasteiger partial charge < -0.3 is 15.2 Å². The van der Waals surface area contributed by atoms with Gasteiger partial charge in [0.2, 0.25) is 0 Å².